The van der Waals surface area contributed by atoms with Crippen LogP contribution < -0.4 is 10.6 Å². The summed E-state index contributed by atoms with van der Waals surface area (Å²) in [6.07, 6.45) is 1.66. The molecule has 24 heavy (non-hydrogen) atoms. The summed E-state index contributed by atoms with van der Waals surface area (Å²) in [5, 5.41) is 6.68. The van der Waals surface area contributed by atoms with E-state index in [9.17, 15) is 0 Å². The summed E-state index contributed by atoms with van der Waals surface area (Å²) in [4.78, 5) is 8.92. The van der Waals surface area contributed by atoms with Crippen LogP contribution in [0.2, 0.25) is 0 Å². The minimum atomic E-state index is 0.438. The number of aromatic nitrogens is 2. The maximum atomic E-state index is 5.33. The third kappa shape index (κ3) is 3.93. The number of benzene rings is 1. The van der Waals surface area contributed by atoms with Crippen molar-refractivity contribution >= 4 is 17.3 Å². The van der Waals surface area contributed by atoms with Crippen LogP contribution in [-0.4, -0.2) is 9.97 Å². The smallest absolute Gasteiger partial charge is 0.136 e. The van der Waals surface area contributed by atoms with Gasteiger partial charge in [-0.2, -0.15) is 0 Å². The molecule has 0 amide bonds. The van der Waals surface area contributed by atoms with Crippen molar-refractivity contribution in [3.8, 4) is 0 Å². The Balaban J connectivity index is 1.79. The third-order valence-electron chi connectivity index (χ3n) is 3.71. The minimum absolute atomic E-state index is 0.438. The number of rotatable bonds is 6. The lowest BCUT2D eigenvalue weighted by atomic mass is 10.0. The Morgan fingerprint density at radius 2 is 1.83 bits per heavy atom. The average Bonchev–Trinajstić information content (AvgIpc) is 3.06. The van der Waals surface area contributed by atoms with E-state index >= 15 is 0 Å². The first-order valence-electron chi connectivity index (χ1n) is 8.09. The second-order valence-corrected chi connectivity index (χ2v) is 5.99. The summed E-state index contributed by atoms with van der Waals surface area (Å²) in [6.45, 7) is 6.84. The van der Waals surface area contributed by atoms with Gasteiger partial charge in [-0.1, -0.05) is 32.0 Å². The quantitative estimate of drug-likeness (QED) is 0.679. The molecule has 0 fully saturated rings. The van der Waals surface area contributed by atoms with E-state index in [0.29, 0.717) is 18.3 Å². The summed E-state index contributed by atoms with van der Waals surface area (Å²) in [5.41, 5.74) is 2.33. The highest BCUT2D eigenvalue weighted by atomic mass is 16.3. The van der Waals surface area contributed by atoms with Crippen LogP contribution in [0, 0.1) is 6.92 Å². The van der Waals surface area contributed by atoms with Gasteiger partial charge in [0, 0.05) is 11.8 Å². The monoisotopic (exact) mass is 322 g/mol. The normalized spacial score (nSPS) is 10.8. The number of hydrogen-bond acceptors (Lipinski definition) is 5. The highest BCUT2D eigenvalue weighted by Gasteiger charge is 2.08. The van der Waals surface area contributed by atoms with E-state index in [1.807, 2.05) is 31.2 Å². The predicted octanol–water partition coefficient (Wildman–Crippen LogP) is 4.86. The molecule has 0 aliphatic carbocycles. The molecule has 0 saturated heterocycles. The van der Waals surface area contributed by atoms with Crippen LogP contribution in [-0.2, 0) is 6.54 Å². The van der Waals surface area contributed by atoms with Gasteiger partial charge in [0.05, 0.1) is 12.8 Å². The molecule has 0 aliphatic heterocycles. The van der Waals surface area contributed by atoms with Crippen molar-refractivity contribution in [3.05, 3.63) is 65.9 Å². The van der Waals surface area contributed by atoms with E-state index in [4.69, 9.17) is 4.42 Å². The number of hydrogen-bond donors (Lipinski definition) is 2. The fourth-order valence-electron chi connectivity index (χ4n) is 2.57. The van der Waals surface area contributed by atoms with Crippen LogP contribution in [0.4, 0.5) is 17.3 Å². The van der Waals surface area contributed by atoms with Crippen LogP contribution in [0.25, 0.3) is 0 Å². The van der Waals surface area contributed by atoms with Gasteiger partial charge in [-0.3, -0.25) is 0 Å². The number of furan rings is 1. The highest BCUT2D eigenvalue weighted by Crippen LogP contribution is 2.26. The van der Waals surface area contributed by atoms with Gasteiger partial charge in [0.25, 0.3) is 0 Å². The first-order valence-corrected chi connectivity index (χ1v) is 8.09. The lowest BCUT2D eigenvalue weighted by Gasteiger charge is -2.15. The number of nitrogens with one attached hydrogen (secondary N) is 2. The molecule has 0 unspecified atom stereocenters. The van der Waals surface area contributed by atoms with E-state index in [2.05, 4.69) is 52.6 Å². The molecule has 0 radical (unpaired) electrons. The summed E-state index contributed by atoms with van der Waals surface area (Å²) >= 11 is 0. The van der Waals surface area contributed by atoms with Crippen molar-refractivity contribution in [1.29, 1.82) is 0 Å². The molecule has 2 N–H and O–H groups in total. The van der Waals surface area contributed by atoms with Crippen LogP contribution in [0.3, 0.4) is 0 Å². The molecular weight excluding hydrogens is 300 g/mol. The SMILES string of the molecule is Cc1nc(NCc2ccco2)cc(Nc2ccccc2C(C)C)n1. The van der Waals surface area contributed by atoms with Gasteiger partial charge in [-0.05, 0) is 36.6 Å². The summed E-state index contributed by atoms with van der Waals surface area (Å²) in [5.74, 6) is 3.56. The molecule has 5 heteroatoms. The van der Waals surface area contributed by atoms with Gasteiger partial charge in [-0.15, -0.1) is 0 Å². The molecule has 2 heterocycles. The maximum absolute atomic E-state index is 5.33. The summed E-state index contributed by atoms with van der Waals surface area (Å²) in [6, 6.07) is 14.0. The first-order chi connectivity index (χ1) is 11.6. The summed E-state index contributed by atoms with van der Waals surface area (Å²) < 4.78 is 5.33. The maximum Gasteiger partial charge on any atom is 0.136 e. The van der Waals surface area contributed by atoms with Crippen LogP contribution in [0.5, 0.6) is 0 Å². The predicted molar refractivity (Wildman–Crippen MR) is 96.6 cm³/mol. The first kappa shape index (κ1) is 16.1. The molecule has 124 valence electrons. The van der Waals surface area contributed by atoms with Crippen molar-refractivity contribution in [2.45, 2.75) is 33.2 Å². The Labute approximate surface area is 142 Å². The summed E-state index contributed by atoms with van der Waals surface area (Å²) in [7, 11) is 0. The standard InChI is InChI=1S/C19H22N4O/c1-13(2)16-8-4-5-9-17(16)23-19-11-18(21-14(3)22-19)20-12-15-7-6-10-24-15/h4-11,13H,12H2,1-3H3,(H2,20,21,22,23). The third-order valence-corrected chi connectivity index (χ3v) is 3.71. The Bertz CT molecular complexity index is 797. The Morgan fingerprint density at radius 1 is 1.04 bits per heavy atom. The van der Waals surface area contributed by atoms with Gasteiger partial charge in [0.2, 0.25) is 0 Å². The number of nitrogens with zero attached hydrogens (tertiary/aromatic N) is 2. The second-order valence-electron chi connectivity index (χ2n) is 5.99. The van der Waals surface area contributed by atoms with Gasteiger partial charge >= 0.3 is 0 Å². The highest BCUT2D eigenvalue weighted by molar-refractivity contribution is 5.63. The van der Waals surface area contributed by atoms with Crippen molar-refractivity contribution in [2.75, 3.05) is 10.6 Å². The van der Waals surface area contributed by atoms with Crippen molar-refractivity contribution in [1.82, 2.24) is 9.97 Å². The zero-order valence-corrected chi connectivity index (χ0v) is 14.2. The molecule has 1 aromatic carbocycles. The molecule has 0 atom stereocenters. The fourth-order valence-corrected chi connectivity index (χ4v) is 2.57. The number of aryl methyl sites for hydroxylation is 1. The van der Waals surface area contributed by atoms with Crippen LogP contribution in [0.15, 0.2) is 53.1 Å². The number of anilines is 3. The Morgan fingerprint density at radius 3 is 2.58 bits per heavy atom. The molecule has 3 aromatic rings. The van der Waals surface area contributed by atoms with E-state index < -0.39 is 0 Å². The van der Waals surface area contributed by atoms with Crippen molar-refractivity contribution < 1.29 is 4.42 Å². The van der Waals surface area contributed by atoms with Gasteiger partial charge < -0.3 is 15.1 Å². The van der Waals surface area contributed by atoms with Crippen molar-refractivity contribution in [3.63, 3.8) is 0 Å². The van der Waals surface area contributed by atoms with E-state index in [-0.39, 0.29) is 0 Å². The van der Waals surface area contributed by atoms with Crippen LogP contribution in [0.1, 0.15) is 36.9 Å². The van der Waals surface area contributed by atoms with Gasteiger partial charge in [-0.25, -0.2) is 9.97 Å². The molecule has 5 nitrogen and oxygen atoms in total. The zero-order chi connectivity index (χ0) is 16.9. The molecular formula is C19H22N4O. The second kappa shape index (κ2) is 7.17. The minimum Gasteiger partial charge on any atom is -0.467 e. The Kier molecular flexibility index (Phi) is 4.79. The molecule has 0 bridgehead atoms. The van der Waals surface area contributed by atoms with E-state index in [1.54, 1.807) is 6.26 Å². The fraction of sp³-hybridized carbons (Fsp3) is 0.263. The van der Waals surface area contributed by atoms with Gasteiger partial charge in [0.15, 0.2) is 0 Å². The molecule has 3 rings (SSSR count). The van der Waals surface area contributed by atoms with Gasteiger partial charge in [0.1, 0.15) is 23.2 Å². The van der Waals surface area contributed by atoms with Crippen LogP contribution >= 0.6 is 0 Å². The lowest BCUT2D eigenvalue weighted by Crippen LogP contribution is -2.05. The number of para-hydroxylation sites is 1. The lowest BCUT2D eigenvalue weighted by molar-refractivity contribution is 0.518. The van der Waals surface area contributed by atoms with E-state index in [0.717, 1.165) is 23.1 Å². The van der Waals surface area contributed by atoms with Crippen molar-refractivity contribution in [2.24, 2.45) is 0 Å². The molecule has 0 aliphatic rings. The largest absolute Gasteiger partial charge is 0.467 e. The van der Waals surface area contributed by atoms with E-state index in [1.165, 1.54) is 5.56 Å². The average molecular weight is 322 g/mol. The Hall–Kier alpha value is -2.82. The zero-order valence-electron chi connectivity index (χ0n) is 14.2. The topological polar surface area (TPSA) is 63.0 Å². The molecule has 2 aromatic heterocycles. The molecule has 0 spiro atoms. The molecule has 0 saturated carbocycles.